The summed E-state index contributed by atoms with van der Waals surface area (Å²) in [5.41, 5.74) is 1.55. The Hall–Kier alpha value is -4.92. The summed E-state index contributed by atoms with van der Waals surface area (Å²) in [6.45, 7) is 0. The number of nitrogens with one attached hydrogen (secondary N) is 1. The van der Waals surface area contributed by atoms with Crippen LogP contribution in [0.2, 0.25) is 10.0 Å². The summed E-state index contributed by atoms with van der Waals surface area (Å²) in [5.74, 6) is -7.48. The van der Waals surface area contributed by atoms with Crippen molar-refractivity contribution in [2.45, 2.75) is 30.4 Å². The number of halogens is 6. The van der Waals surface area contributed by atoms with E-state index in [-0.39, 0.29) is 40.5 Å². The Morgan fingerprint density at radius 1 is 0.964 bits per heavy atom. The van der Waals surface area contributed by atoms with Gasteiger partial charge >= 0.3 is 6.18 Å². The molecule has 6 atom stereocenters. The highest BCUT2D eigenvalue weighted by Crippen LogP contribution is 2.65. The van der Waals surface area contributed by atoms with Gasteiger partial charge in [-0.25, -0.2) is 4.98 Å². The summed E-state index contributed by atoms with van der Waals surface area (Å²) >= 11 is 16.0. The summed E-state index contributed by atoms with van der Waals surface area (Å²) < 4.78 is 46.2. The largest absolute Gasteiger partial charge is 0.503 e. The van der Waals surface area contributed by atoms with Crippen molar-refractivity contribution in [3.8, 4) is 11.5 Å². The van der Waals surface area contributed by atoms with Crippen LogP contribution in [0.5, 0.6) is 11.5 Å². The number of hydrogen-bond donors (Lipinski definition) is 2. The minimum absolute atomic E-state index is 0.0541. The number of carbonyl (C=O) groups excluding carboxylic acids is 4. The van der Waals surface area contributed by atoms with Gasteiger partial charge in [-0.1, -0.05) is 65.2 Å². The smallest absolute Gasteiger partial charge is 0.417 e. The normalized spacial score (nSPS) is 26.1. The number of para-hydroxylation sites is 1. The molecule has 4 aliphatic rings. The lowest BCUT2D eigenvalue weighted by molar-refractivity contribution is -0.139. The molecular formula is C39H28BrCl2F3N4O6. The first-order chi connectivity index (χ1) is 26.2. The number of hydrazine groups is 1. The van der Waals surface area contributed by atoms with Crippen LogP contribution in [0, 0.1) is 23.7 Å². The van der Waals surface area contributed by atoms with Crippen molar-refractivity contribution < 1.29 is 42.2 Å². The van der Waals surface area contributed by atoms with E-state index in [0.717, 1.165) is 0 Å². The number of benzene rings is 3. The summed E-state index contributed by atoms with van der Waals surface area (Å²) in [5, 5.41) is 11.4. The van der Waals surface area contributed by atoms with E-state index in [9.17, 15) is 32.7 Å². The summed E-state index contributed by atoms with van der Waals surface area (Å²) in [4.78, 5) is 63.6. The van der Waals surface area contributed by atoms with Gasteiger partial charge in [0.05, 0.1) is 51.0 Å². The molecule has 2 aliphatic carbocycles. The number of rotatable bonds is 6. The molecular weight excluding hydrogens is 828 g/mol. The van der Waals surface area contributed by atoms with Crippen LogP contribution in [0.4, 0.5) is 24.7 Å². The summed E-state index contributed by atoms with van der Waals surface area (Å²) in [6.07, 6.45) is -2.26. The molecule has 0 bridgehead atoms. The van der Waals surface area contributed by atoms with Crippen LogP contribution in [-0.2, 0) is 30.8 Å². The van der Waals surface area contributed by atoms with Crippen molar-refractivity contribution in [2.24, 2.45) is 23.7 Å². The number of aromatic hydroxyl groups is 1. The first-order valence-corrected chi connectivity index (χ1v) is 18.6. The third-order valence-corrected chi connectivity index (χ3v) is 12.3. The Balaban J connectivity index is 1.34. The Bertz CT molecular complexity index is 2330. The lowest BCUT2D eigenvalue weighted by atomic mass is 9.49. The lowest BCUT2D eigenvalue weighted by Crippen LogP contribution is -2.53. The van der Waals surface area contributed by atoms with Gasteiger partial charge in [0.25, 0.3) is 11.8 Å². The van der Waals surface area contributed by atoms with Crippen molar-refractivity contribution in [1.82, 2.24) is 9.99 Å². The number of carbonyl (C=O) groups is 4. The second-order valence-electron chi connectivity index (χ2n) is 13.8. The second kappa shape index (κ2) is 13.4. The number of imide groups is 2. The van der Waals surface area contributed by atoms with Crippen molar-refractivity contribution in [3.63, 3.8) is 0 Å². The lowest BCUT2D eigenvalue weighted by Gasteiger charge is -2.50. The molecule has 6 unspecified atom stereocenters. The molecule has 282 valence electrons. The van der Waals surface area contributed by atoms with Crippen molar-refractivity contribution in [2.75, 3.05) is 17.4 Å². The Kier molecular flexibility index (Phi) is 9.01. The van der Waals surface area contributed by atoms with Gasteiger partial charge in [-0.3, -0.25) is 29.5 Å². The fourth-order valence-electron chi connectivity index (χ4n) is 8.91. The molecule has 16 heteroatoms. The van der Waals surface area contributed by atoms with Gasteiger partial charge in [-0.15, -0.1) is 0 Å². The maximum absolute atomic E-state index is 15.4. The number of pyridine rings is 1. The summed E-state index contributed by atoms with van der Waals surface area (Å²) in [6, 6.07) is 18.7. The average Bonchev–Trinajstić information content (AvgIpc) is 3.54. The fourth-order valence-corrected chi connectivity index (χ4v) is 9.70. The van der Waals surface area contributed by atoms with Gasteiger partial charge in [0.2, 0.25) is 11.8 Å². The molecule has 4 amide bonds. The zero-order valence-corrected chi connectivity index (χ0v) is 31.6. The van der Waals surface area contributed by atoms with Gasteiger partial charge < -0.3 is 9.84 Å². The number of alkyl halides is 3. The fraction of sp³-hybridized carbons (Fsp3) is 0.256. The van der Waals surface area contributed by atoms with E-state index in [2.05, 4.69) is 26.3 Å². The van der Waals surface area contributed by atoms with Crippen molar-refractivity contribution in [3.05, 3.63) is 122 Å². The molecule has 4 aromatic rings. The molecule has 2 aliphatic heterocycles. The molecule has 2 saturated heterocycles. The predicted octanol–water partition coefficient (Wildman–Crippen LogP) is 8.07. The molecule has 1 aromatic heterocycles. The maximum atomic E-state index is 15.4. The number of anilines is 2. The van der Waals surface area contributed by atoms with Crippen LogP contribution in [0.3, 0.4) is 0 Å². The minimum Gasteiger partial charge on any atom is -0.503 e. The van der Waals surface area contributed by atoms with E-state index in [0.29, 0.717) is 44.7 Å². The molecule has 0 spiro atoms. The van der Waals surface area contributed by atoms with Gasteiger partial charge in [0.1, 0.15) is 0 Å². The van der Waals surface area contributed by atoms with Gasteiger partial charge in [0.15, 0.2) is 17.3 Å². The van der Waals surface area contributed by atoms with Crippen molar-refractivity contribution >= 4 is 74.3 Å². The second-order valence-corrected chi connectivity index (χ2v) is 15.5. The average molecular weight is 856 g/mol. The topological polar surface area (TPSA) is 129 Å². The number of nitrogens with zero attached hydrogens (tertiary/aromatic N) is 3. The molecule has 0 radical (unpaired) electrons. The van der Waals surface area contributed by atoms with E-state index >= 15 is 4.79 Å². The van der Waals surface area contributed by atoms with Gasteiger partial charge in [-0.05, 0) is 88.3 Å². The van der Waals surface area contributed by atoms with Crippen LogP contribution in [-0.4, -0.2) is 45.8 Å². The minimum atomic E-state index is -4.76. The van der Waals surface area contributed by atoms with E-state index in [1.54, 1.807) is 66.7 Å². The van der Waals surface area contributed by atoms with E-state index in [4.69, 9.17) is 27.9 Å². The molecule has 8 rings (SSSR count). The summed E-state index contributed by atoms with van der Waals surface area (Å²) in [7, 11) is 1.36. The highest BCUT2D eigenvalue weighted by atomic mass is 79.9. The number of aromatic nitrogens is 1. The number of fused-ring (bicyclic) bond motifs is 4. The first kappa shape index (κ1) is 37.0. The van der Waals surface area contributed by atoms with Crippen molar-refractivity contribution in [1.29, 1.82) is 0 Å². The number of phenolic OH excluding ortho intramolecular Hbond substituents is 1. The monoisotopic (exact) mass is 854 g/mol. The third-order valence-electron chi connectivity index (χ3n) is 11.2. The zero-order valence-electron chi connectivity index (χ0n) is 28.5. The number of allylic oxidation sites excluding steroid dienone is 2. The van der Waals surface area contributed by atoms with E-state index in [1.807, 2.05) is 6.08 Å². The van der Waals surface area contributed by atoms with Gasteiger partial charge in [0, 0.05) is 17.1 Å². The highest BCUT2D eigenvalue weighted by Gasteiger charge is 2.70. The highest BCUT2D eigenvalue weighted by molar-refractivity contribution is 9.10. The van der Waals surface area contributed by atoms with E-state index in [1.165, 1.54) is 12.0 Å². The number of amides is 4. The SMILES string of the molecule is COc1cc(C2C3=CCC4C(=O)N(c5ccccc5)C(=O)C4C3CC3C(=O)N(Nc4ncc(C(F)(F)F)cc4Cl)C(=O)C32c2ccc(Cl)cc2)cc(Br)c1O. The molecule has 3 heterocycles. The zero-order chi connectivity index (χ0) is 39.1. The quantitative estimate of drug-likeness (QED) is 0.147. The molecule has 10 nitrogen and oxygen atoms in total. The third kappa shape index (κ3) is 5.62. The van der Waals surface area contributed by atoms with Crippen LogP contribution < -0.4 is 15.1 Å². The first-order valence-electron chi connectivity index (χ1n) is 17.0. The molecule has 3 fully saturated rings. The van der Waals surface area contributed by atoms with E-state index < -0.39 is 69.5 Å². The molecule has 2 N–H and O–H groups in total. The molecule has 55 heavy (non-hydrogen) atoms. The number of hydrogen-bond acceptors (Lipinski definition) is 8. The maximum Gasteiger partial charge on any atom is 0.417 e. The van der Waals surface area contributed by atoms with Crippen LogP contribution >= 0.6 is 39.1 Å². The molecule has 3 aromatic carbocycles. The van der Waals surface area contributed by atoms with Crippen LogP contribution in [0.25, 0.3) is 0 Å². The predicted molar refractivity (Wildman–Crippen MR) is 198 cm³/mol. The number of phenols is 1. The van der Waals surface area contributed by atoms with Crippen LogP contribution in [0.15, 0.2) is 95.1 Å². The Morgan fingerprint density at radius 2 is 1.67 bits per heavy atom. The number of ether oxygens (including phenoxy) is 1. The standard InChI is InChI=1S/C39H28BrCl2F3N4O6/c1-55-29-14-18(13-27(40)32(29)50)31-23-11-12-24-30(36(53)48(34(24)51)22-5-3-2-4-6-22)25(23)16-26-35(52)49(37(54)38(26,31)19-7-9-21(41)10-8-19)47-33-28(42)15-20(17-46-33)39(43,44)45/h2-11,13-15,17,24-26,30-31,50H,12,16H2,1H3,(H,46,47). The Morgan fingerprint density at radius 3 is 2.33 bits per heavy atom. The Labute approximate surface area is 330 Å². The van der Waals surface area contributed by atoms with Crippen LogP contribution in [0.1, 0.15) is 35.4 Å². The molecule has 1 saturated carbocycles. The number of methoxy groups -OCH3 is 1. The van der Waals surface area contributed by atoms with Gasteiger partial charge in [-0.2, -0.15) is 18.2 Å².